The topological polar surface area (TPSA) is 70.2 Å². The molecule has 1 atom stereocenters. The third-order valence-electron chi connectivity index (χ3n) is 3.83. The van der Waals surface area contributed by atoms with E-state index in [9.17, 15) is 9.59 Å². The summed E-state index contributed by atoms with van der Waals surface area (Å²) in [6.45, 7) is 1.71. The number of urea groups is 1. The van der Waals surface area contributed by atoms with Crippen LogP contribution in [0.4, 0.5) is 10.5 Å². The lowest BCUT2D eigenvalue weighted by Crippen LogP contribution is -2.46. The molecule has 0 aliphatic carbocycles. The molecule has 0 aromatic heterocycles. The van der Waals surface area contributed by atoms with E-state index < -0.39 is 6.04 Å². The van der Waals surface area contributed by atoms with Crippen molar-refractivity contribution in [1.29, 1.82) is 0 Å². The number of hydrogen-bond acceptors (Lipinski definition) is 2. The molecule has 128 valence electrons. The Morgan fingerprint density at radius 3 is 2.52 bits per heavy atom. The van der Waals surface area contributed by atoms with Crippen LogP contribution in [0.3, 0.4) is 0 Å². The SMILES string of the molecule is CC1=C(C(=O)Nc2ccc(Cl)cc2)[C@H](c2ccccc2Br)NC(=O)N1. The Labute approximate surface area is 158 Å². The van der Waals surface area contributed by atoms with Gasteiger partial charge in [0.1, 0.15) is 0 Å². The zero-order chi connectivity index (χ0) is 18.0. The molecule has 1 heterocycles. The van der Waals surface area contributed by atoms with E-state index in [0.717, 1.165) is 10.0 Å². The molecular formula is C18H15BrClN3O2. The van der Waals surface area contributed by atoms with Gasteiger partial charge in [0.05, 0.1) is 11.6 Å². The molecule has 0 saturated carbocycles. The van der Waals surface area contributed by atoms with Gasteiger partial charge in [-0.2, -0.15) is 0 Å². The summed E-state index contributed by atoms with van der Waals surface area (Å²) in [5.41, 5.74) is 2.38. The number of rotatable bonds is 3. The first-order valence-electron chi connectivity index (χ1n) is 7.55. The Morgan fingerprint density at radius 2 is 1.84 bits per heavy atom. The van der Waals surface area contributed by atoms with Crippen molar-refractivity contribution in [2.24, 2.45) is 0 Å². The molecule has 2 aromatic carbocycles. The smallest absolute Gasteiger partial charge is 0.319 e. The highest BCUT2D eigenvalue weighted by molar-refractivity contribution is 9.10. The second-order valence-corrected chi connectivity index (χ2v) is 6.84. The number of hydrogen-bond donors (Lipinski definition) is 3. The molecule has 5 nitrogen and oxygen atoms in total. The van der Waals surface area contributed by atoms with Gasteiger partial charge in [-0.1, -0.05) is 45.7 Å². The van der Waals surface area contributed by atoms with Crippen LogP contribution >= 0.6 is 27.5 Å². The molecule has 1 aliphatic rings. The average molecular weight is 421 g/mol. The summed E-state index contributed by atoms with van der Waals surface area (Å²) in [6, 6.07) is 13.4. The minimum absolute atomic E-state index is 0.298. The molecule has 3 N–H and O–H groups in total. The fourth-order valence-corrected chi connectivity index (χ4v) is 3.31. The first kappa shape index (κ1) is 17.5. The van der Waals surface area contributed by atoms with E-state index in [2.05, 4.69) is 31.9 Å². The van der Waals surface area contributed by atoms with Crippen LogP contribution in [0, 0.1) is 0 Å². The van der Waals surface area contributed by atoms with Crippen LogP contribution in [-0.4, -0.2) is 11.9 Å². The summed E-state index contributed by atoms with van der Waals surface area (Å²) in [5.74, 6) is -0.298. The van der Waals surface area contributed by atoms with Gasteiger partial charge in [-0.25, -0.2) is 4.79 Å². The van der Waals surface area contributed by atoms with Crippen LogP contribution in [0.15, 0.2) is 64.3 Å². The van der Waals surface area contributed by atoms with Crippen LogP contribution in [0.2, 0.25) is 5.02 Å². The average Bonchev–Trinajstić information content (AvgIpc) is 2.56. The largest absolute Gasteiger partial charge is 0.327 e. The van der Waals surface area contributed by atoms with Gasteiger partial charge < -0.3 is 16.0 Å². The first-order chi connectivity index (χ1) is 12.0. The molecule has 0 unspecified atom stereocenters. The summed E-state index contributed by atoms with van der Waals surface area (Å²) in [7, 11) is 0. The van der Waals surface area contributed by atoms with E-state index in [1.54, 1.807) is 31.2 Å². The Balaban J connectivity index is 1.96. The standard InChI is InChI=1S/C18H15BrClN3O2/c1-10-15(17(24)22-12-8-6-11(20)7-9-12)16(23-18(25)21-10)13-4-2-3-5-14(13)19/h2-9,16H,1H3,(H,22,24)(H2,21,23,25)/t16-/m0/s1. The van der Waals surface area contributed by atoms with E-state index >= 15 is 0 Å². The highest BCUT2D eigenvalue weighted by Crippen LogP contribution is 2.32. The summed E-state index contributed by atoms with van der Waals surface area (Å²) < 4.78 is 0.812. The zero-order valence-electron chi connectivity index (χ0n) is 13.3. The van der Waals surface area contributed by atoms with Crippen molar-refractivity contribution >= 4 is 45.2 Å². The van der Waals surface area contributed by atoms with Gasteiger partial charge in [-0.3, -0.25) is 4.79 Å². The van der Waals surface area contributed by atoms with Gasteiger partial charge in [0.2, 0.25) is 0 Å². The molecule has 1 aliphatic heterocycles. The molecule has 0 bridgehead atoms. The number of nitrogens with one attached hydrogen (secondary N) is 3. The second-order valence-electron chi connectivity index (χ2n) is 5.55. The van der Waals surface area contributed by atoms with Crippen LogP contribution in [0.1, 0.15) is 18.5 Å². The highest BCUT2D eigenvalue weighted by atomic mass is 79.9. The van der Waals surface area contributed by atoms with Gasteiger partial charge in [-0.05, 0) is 42.8 Å². The van der Waals surface area contributed by atoms with Crippen molar-refractivity contribution < 1.29 is 9.59 Å². The highest BCUT2D eigenvalue weighted by Gasteiger charge is 2.32. The number of halogens is 2. The fourth-order valence-electron chi connectivity index (χ4n) is 2.67. The molecule has 0 saturated heterocycles. The Kier molecular flexibility index (Phi) is 5.11. The van der Waals surface area contributed by atoms with Gasteiger partial charge in [-0.15, -0.1) is 0 Å². The predicted molar refractivity (Wildman–Crippen MR) is 101 cm³/mol. The van der Waals surface area contributed by atoms with Gasteiger partial charge in [0.15, 0.2) is 0 Å². The van der Waals surface area contributed by atoms with Gasteiger partial charge in [0, 0.05) is 20.9 Å². The maximum atomic E-state index is 12.9. The maximum Gasteiger partial charge on any atom is 0.319 e. The first-order valence-corrected chi connectivity index (χ1v) is 8.72. The second kappa shape index (κ2) is 7.29. The number of carbonyl (C=O) groups is 2. The number of benzene rings is 2. The summed E-state index contributed by atoms with van der Waals surface area (Å²) in [4.78, 5) is 24.8. The van der Waals surface area contributed by atoms with Crippen LogP contribution < -0.4 is 16.0 Å². The minimum Gasteiger partial charge on any atom is -0.327 e. The third kappa shape index (κ3) is 3.86. The monoisotopic (exact) mass is 419 g/mol. The normalized spacial score (nSPS) is 16.9. The van der Waals surface area contributed by atoms with Crippen molar-refractivity contribution in [3.63, 3.8) is 0 Å². The third-order valence-corrected chi connectivity index (χ3v) is 4.81. The lowest BCUT2D eigenvalue weighted by Gasteiger charge is -2.29. The van der Waals surface area contributed by atoms with E-state index in [0.29, 0.717) is 22.0 Å². The van der Waals surface area contributed by atoms with Crippen molar-refractivity contribution in [2.45, 2.75) is 13.0 Å². The summed E-state index contributed by atoms with van der Waals surface area (Å²) >= 11 is 9.35. The zero-order valence-corrected chi connectivity index (χ0v) is 15.6. The van der Waals surface area contributed by atoms with Gasteiger partial charge >= 0.3 is 6.03 Å². The molecular weight excluding hydrogens is 406 g/mol. The molecule has 25 heavy (non-hydrogen) atoms. The van der Waals surface area contributed by atoms with Crippen LogP contribution in [0.5, 0.6) is 0 Å². The van der Waals surface area contributed by atoms with Crippen LogP contribution in [-0.2, 0) is 4.79 Å². The van der Waals surface area contributed by atoms with Crippen molar-refractivity contribution in [2.75, 3.05) is 5.32 Å². The number of amides is 3. The fraction of sp³-hybridized carbons (Fsp3) is 0.111. The van der Waals surface area contributed by atoms with Crippen molar-refractivity contribution in [1.82, 2.24) is 10.6 Å². The number of carbonyl (C=O) groups excluding carboxylic acids is 2. The van der Waals surface area contributed by atoms with E-state index in [4.69, 9.17) is 11.6 Å². The van der Waals surface area contributed by atoms with E-state index in [-0.39, 0.29) is 11.9 Å². The number of allylic oxidation sites excluding steroid dienone is 1. The molecule has 3 amide bonds. The molecule has 3 rings (SSSR count). The summed E-state index contributed by atoms with van der Waals surface area (Å²) in [5, 5.41) is 8.90. The molecule has 0 radical (unpaired) electrons. The van der Waals surface area contributed by atoms with Crippen molar-refractivity contribution in [3.05, 3.63) is 74.9 Å². The lowest BCUT2D eigenvalue weighted by atomic mass is 9.95. The Morgan fingerprint density at radius 1 is 1.16 bits per heavy atom. The summed E-state index contributed by atoms with van der Waals surface area (Å²) in [6.07, 6.45) is 0. The molecule has 7 heteroatoms. The molecule has 2 aromatic rings. The molecule has 0 spiro atoms. The van der Waals surface area contributed by atoms with Crippen molar-refractivity contribution in [3.8, 4) is 0 Å². The number of anilines is 1. The Bertz CT molecular complexity index is 865. The van der Waals surface area contributed by atoms with E-state index in [1.807, 2.05) is 24.3 Å². The van der Waals surface area contributed by atoms with Crippen LogP contribution in [0.25, 0.3) is 0 Å². The Hall–Kier alpha value is -2.31. The molecule has 0 fully saturated rings. The van der Waals surface area contributed by atoms with E-state index in [1.165, 1.54) is 0 Å². The quantitative estimate of drug-likeness (QED) is 0.690. The maximum absolute atomic E-state index is 12.9. The minimum atomic E-state index is -0.559. The predicted octanol–water partition coefficient (Wildman–Crippen LogP) is 4.37. The van der Waals surface area contributed by atoms with Gasteiger partial charge in [0.25, 0.3) is 5.91 Å². The lowest BCUT2D eigenvalue weighted by molar-refractivity contribution is -0.113.